The van der Waals surface area contributed by atoms with Crippen LogP contribution in [0.5, 0.6) is 0 Å². The third-order valence-electron chi connectivity index (χ3n) is 4.81. The van der Waals surface area contributed by atoms with Gasteiger partial charge in [-0.05, 0) is 49.3 Å². The predicted molar refractivity (Wildman–Crippen MR) is 99.5 cm³/mol. The van der Waals surface area contributed by atoms with E-state index in [-0.39, 0.29) is 0 Å². The molecule has 1 fully saturated rings. The average molecular weight is 327 g/mol. The van der Waals surface area contributed by atoms with E-state index >= 15 is 0 Å². The van der Waals surface area contributed by atoms with Crippen LogP contribution >= 0.6 is 0 Å². The number of piperazine rings is 1. The van der Waals surface area contributed by atoms with Crippen LogP contribution in [-0.4, -0.2) is 44.2 Å². The predicted octanol–water partition coefficient (Wildman–Crippen LogP) is 3.14. The molecule has 1 aliphatic rings. The van der Waals surface area contributed by atoms with Crippen LogP contribution in [0.1, 0.15) is 24.7 Å². The number of hydrogen-bond acceptors (Lipinski definition) is 4. The molecule has 130 valence electrons. The van der Waals surface area contributed by atoms with Gasteiger partial charge in [-0.1, -0.05) is 19.1 Å². The topological polar surface area (TPSA) is 31.6 Å². The fourth-order valence-electron chi connectivity index (χ4n) is 3.22. The Labute approximate surface area is 145 Å². The molecule has 1 aliphatic heterocycles. The highest BCUT2D eigenvalue weighted by Crippen LogP contribution is 2.17. The smallest absolute Gasteiger partial charge is 0.103 e. The Bertz CT molecular complexity index is 571. The summed E-state index contributed by atoms with van der Waals surface area (Å²) in [6.07, 6.45) is 3.85. The van der Waals surface area contributed by atoms with Gasteiger partial charge in [-0.15, -0.1) is 0 Å². The lowest BCUT2D eigenvalue weighted by Crippen LogP contribution is -2.46. The van der Waals surface area contributed by atoms with Crippen molar-refractivity contribution in [1.29, 1.82) is 0 Å². The van der Waals surface area contributed by atoms with Crippen LogP contribution < -0.4 is 10.2 Å². The number of nitrogens with one attached hydrogen (secondary N) is 1. The molecule has 0 amide bonds. The maximum Gasteiger partial charge on any atom is 0.103 e. The molecule has 0 aliphatic carbocycles. The maximum absolute atomic E-state index is 5.35. The van der Waals surface area contributed by atoms with Crippen LogP contribution in [0.4, 0.5) is 5.69 Å². The van der Waals surface area contributed by atoms with Gasteiger partial charge in [0.1, 0.15) is 5.76 Å². The number of furan rings is 1. The van der Waals surface area contributed by atoms with Crippen molar-refractivity contribution in [1.82, 2.24) is 10.2 Å². The monoisotopic (exact) mass is 327 g/mol. The zero-order chi connectivity index (χ0) is 16.6. The van der Waals surface area contributed by atoms with E-state index in [4.69, 9.17) is 4.42 Å². The molecule has 2 heterocycles. The van der Waals surface area contributed by atoms with E-state index in [1.54, 1.807) is 6.26 Å². The highest BCUT2D eigenvalue weighted by atomic mass is 16.3. The molecular formula is C20H29N3O. The zero-order valence-corrected chi connectivity index (χ0v) is 14.7. The lowest BCUT2D eigenvalue weighted by Gasteiger charge is -2.35. The van der Waals surface area contributed by atoms with Gasteiger partial charge in [0.05, 0.1) is 6.26 Å². The lowest BCUT2D eigenvalue weighted by atomic mass is 10.1. The lowest BCUT2D eigenvalue weighted by molar-refractivity contribution is 0.271. The normalized spacial score (nSPS) is 15.8. The molecule has 0 spiro atoms. The standard InChI is InChI=1S/C20H29N3O/c1-2-22-12-14-23(15-13-22)19-9-7-18(8-10-19)17-21-11-3-5-20-6-4-16-24-20/h4,6-10,16,21H,2-3,5,11-15,17H2,1H3. The first-order chi connectivity index (χ1) is 11.8. The molecule has 2 aromatic rings. The van der Waals surface area contributed by atoms with E-state index in [2.05, 4.69) is 46.3 Å². The molecule has 1 aromatic carbocycles. The second-order valence-electron chi connectivity index (χ2n) is 6.45. The van der Waals surface area contributed by atoms with Crippen LogP contribution in [-0.2, 0) is 13.0 Å². The van der Waals surface area contributed by atoms with Gasteiger partial charge in [0.2, 0.25) is 0 Å². The zero-order valence-electron chi connectivity index (χ0n) is 14.7. The SMILES string of the molecule is CCN1CCN(c2ccc(CNCCCc3ccco3)cc2)CC1. The summed E-state index contributed by atoms with van der Waals surface area (Å²) in [6, 6.07) is 13.0. The highest BCUT2D eigenvalue weighted by Gasteiger charge is 2.15. The number of hydrogen-bond donors (Lipinski definition) is 1. The molecule has 1 saturated heterocycles. The molecule has 1 aromatic heterocycles. The van der Waals surface area contributed by atoms with Crippen LogP contribution in [0.3, 0.4) is 0 Å². The molecule has 24 heavy (non-hydrogen) atoms. The molecule has 3 rings (SSSR count). The summed E-state index contributed by atoms with van der Waals surface area (Å²) in [5, 5.41) is 3.51. The molecule has 0 bridgehead atoms. The van der Waals surface area contributed by atoms with E-state index in [1.807, 2.05) is 12.1 Å². The van der Waals surface area contributed by atoms with Gasteiger partial charge in [0, 0.05) is 44.8 Å². The van der Waals surface area contributed by atoms with Crippen molar-refractivity contribution in [3.63, 3.8) is 0 Å². The fourth-order valence-corrected chi connectivity index (χ4v) is 3.22. The second kappa shape index (κ2) is 8.90. The number of nitrogens with zero attached hydrogens (tertiary/aromatic N) is 2. The number of benzene rings is 1. The van der Waals surface area contributed by atoms with Gasteiger partial charge in [-0.3, -0.25) is 0 Å². The summed E-state index contributed by atoms with van der Waals surface area (Å²) in [5.74, 6) is 1.07. The van der Waals surface area contributed by atoms with E-state index in [1.165, 1.54) is 30.9 Å². The van der Waals surface area contributed by atoms with E-state index in [0.29, 0.717) is 0 Å². The summed E-state index contributed by atoms with van der Waals surface area (Å²) in [7, 11) is 0. The van der Waals surface area contributed by atoms with E-state index in [9.17, 15) is 0 Å². The minimum absolute atomic E-state index is 0.933. The maximum atomic E-state index is 5.35. The van der Waals surface area contributed by atoms with E-state index < -0.39 is 0 Å². The van der Waals surface area contributed by atoms with E-state index in [0.717, 1.165) is 44.8 Å². The van der Waals surface area contributed by atoms with Crippen molar-refractivity contribution < 1.29 is 4.42 Å². The van der Waals surface area contributed by atoms with Crippen molar-refractivity contribution in [3.05, 3.63) is 54.0 Å². The van der Waals surface area contributed by atoms with Crippen molar-refractivity contribution in [2.24, 2.45) is 0 Å². The largest absolute Gasteiger partial charge is 0.469 e. The third kappa shape index (κ3) is 4.86. The van der Waals surface area contributed by atoms with Crippen molar-refractivity contribution in [3.8, 4) is 0 Å². The van der Waals surface area contributed by atoms with Crippen LogP contribution in [0, 0.1) is 0 Å². The number of rotatable bonds is 8. The molecule has 0 atom stereocenters. The Balaban J connectivity index is 1.37. The highest BCUT2D eigenvalue weighted by molar-refractivity contribution is 5.48. The number of aryl methyl sites for hydroxylation is 1. The van der Waals surface area contributed by atoms with Crippen molar-refractivity contribution in [2.75, 3.05) is 44.2 Å². The quantitative estimate of drug-likeness (QED) is 0.755. The third-order valence-corrected chi connectivity index (χ3v) is 4.81. The average Bonchev–Trinajstić information content (AvgIpc) is 3.16. The van der Waals surface area contributed by atoms with Gasteiger partial charge < -0.3 is 19.5 Å². The molecular weight excluding hydrogens is 298 g/mol. The van der Waals surface area contributed by atoms with Gasteiger partial charge in [-0.2, -0.15) is 0 Å². The summed E-state index contributed by atoms with van der Waals surface area (Å²) < 4.78 is 5.35. The van der Waals surface area contributed by atoms with Gasteiger partial charge in [-0.25, -0.2) is 0 Å². The Hall–Kier alpha value is -1.78. The number of anilines is 1. The molecule has 4 nitrogen and oxygen atoms in total. The van der Waals surface area contributed by atoms with Crippen molar-refractivity contribution >= 4 is 5.69 Å². The minimum atomic E-state index is 0.933. The van der Waals surface area contributed by atoms with Crippen LogP contribution in [0.25, 0.3) is 0 Å². The Morgan fingerprint density at radius 2 is 1.83 bits per heavy atom. The molecule has 1 N–H and O–H groups in total. The second-order valence-corrected chi connectivity index (χ2v) is 6.45. The summed E-state index contributed by atoms with van der Waals surface area (Å²) in [5.41, 5.74) is 2.70. The number of likely N-dealkylation sites (N-methyl/N-ethyl adjacent to an activating group) is 1. The summed E-state index contributed by atoms with van der Waals surface area (Å²) in [4.78, 5) is 5.00. The Morgan fingerprint density at radius 1 is 1.04 bits per heavy atom. The molecule has 4 heteroatoms. The summed E-state index contributed by atoms with van der Waals surface area (Å²) >= 11 is 0. The minimum Gasteiger partial charge on any atom is -0.469 e. The fraction of sp³-hybridized carbons (Fsp3) is 0.500. The first-order valence-corrected chi connectivity index (χ1v) is 9.14. The van der Waals surface area contributed by atoms with Gasteiger partial charge in [0.25, 0.3) is 0 Å². The summed E-state index contributed by atoms with van der Waals surface area (Å²) in [6.45, 7) is 9.98. The molecule has 0 radical (unpaired) electrons. The van der Waals surface area contributed by atoms with Gasteiger partial charge >= 0.3 is 0 Å². The van der Waals surface area contributed by atoms with Crippen molar-refractivity contribution in [2.45, 2.75) is 26.3 Å². The Morgan fingerprint density at radius 3 is 2.50 bits per heavy atom. The van der Waals surface area contributed by atoms with Crippen LogP contribution in [0.15, 0.2) is 47.1 Å². The Kier molecular flexibility index (Phi) is 6.33. The first-order valence-electron chi connectivity index (χ1n) is 9.14. The van der Waals surface area contributed by atoms with Crippen LogP contribution in [0.2, 0.25) is 0 Å². The first kappa shape index (κ1) is 17.1. The van der Waals surface area contributed by atoms with Gasteiger partial charge in [0.15, 0.2) is 0 Å². The molecule has 0 unspecified atom stereocenters. The molecule has 0 saturated carbocycles.